The van der Waals surface area contributed by atoms with Crippen molar-refractivity contribution < 1.29 is 4.74 Å². The molecule has 1 aromatic rings. The second-order valence-electron chi connectivity index (χ2n) is 11.1. The lowest BCUT2D eigenvalue weighted by Crippen LogP contribution is -2.52. The molecule has 0 amide bonds. The highest BCUT2D eigenvalue weighted by molar-refractivity contribution is 5.27. The van der Waals surface area contributed by atoms with Crippen molar-refractivity contribution in [2.75, 3.05) is 13.7 Å². The molecule has 0 N–H and O–H groups in total. The SMILES string of the molecule is CC(C)C.CCCCCCN(Cc1ccc(OC)cc1)C1(CC(C)C)CCCC(C)C1. The van der Waals surface area contributed by atoms with Crippen LogP contribution in [0.1, 0.15) is 112 Å². The van der Waals surface area contributed by atoms with Crippen LogP contribution < -0.4 is 4.74 Å². The summed E-state index contributed by atoms with van der Waals surface area (Å²) in [5.41, 5.74) is 1.81. The molecule has 180 valence electrons. The van der Waals surface area contributed by atoms with E-state index in [1.807, 2.05) is 0 Å². The summed E-state index contributed by atoms with van der Waals surface area (Å²) in [6.45, 7) is 18.4. The van der Waals surface area contributed by atoms with Crippen molar-refractivity contribution in [3.05, 3.63) is 29.8 Å². The van der Waals surface area contributed by atoms with Gasteiger partial charge >= 0.3 is 0 Å². The number of ether oxygens (including phenoxy) is 1. The molecular formula is C29H53NO. The van der Waals surface area contributed by atoms with Crippen molar-refractivity contribution >= 4 is 0 Å². The molecule has 1 aliphatic rings. The Morgan fingerprint density at radius 3 is 2.19 bits per heavy atom. The summed E-state index contributed by atoms with van der Waals surface area (Å²) in [4.78, 5) is 2.88. The Labute approximate surface area is 195 Å². The summed E-state index contributed by atoms with van der Waals surface area (Å²) in [5, 5.41) is 0. The molecule has 2 nitrogen and oxygen atoms in total. The zero-order chi connectivity index (χ0) is 23.3. The maximum atomic E-state index is 5.36. The minimum Gasteiger partial charge on any atom is -0.497 e. The molecule has 2 unspecified atom stereocenters. The molecule has 0 bridgehead atoms. The van der Waals surface area contributed by atoms with Gasteiger partial charge in [0.15, 0.2) is 0 Å². The van der Waals surface area contributed by atoms with Gasteiger partial charge in [-0.05, 0) is 67.7 Å². The minimum absolute atomic E-state index is 0.387. The molecule has 1 saturated carbocycles. The van der Waals surface area contributed by atoms with Crippen LogP contribution in [0.25, 0.3) is 0 Å². The first-order chi connectivity index (χ1) is 14.7. The van der Waals surface area contributed by atoms with Gasteiger partial charge in [0.1, 0.15) is 5.75 Å². The Balaban J connectivity index is 0.00000110. The van der Waals surface area contributed by atoms with Gasteiger partial charge in [-0.15, -0.1) is 0 Å². The van der Waals surface area contributed by atoms with Crippen molar-refractivity contribution in [1.29, 1.82) is 0 Å². The van der Waals surface area contributed by atoms with Gasteiger partial charge in [-0.3, -0.25) is 4.90 Å². The van der Waals surface area contributed by atoms with Crippen LogP contribution in [0.15, 0.2) is 24.3 Å². The number of nitrogens with zero attached hydrogens (tertiary/aromatic N) is 1. The van der Waals surface area contributed by atoms with E-state index in [0.717, 1.165) is 30.0 Å². The number of rotatable bonds is 11. The Bertz CT molecular complexity index is 558. The van der Waals surface area contributed by atoms with Crippen molar-refractivity contribution in [1.82, 2.24) is 4.90 Å². The summed E-state index contributed by atoms with van der Waals surface area (Å²) in [5.74, 6) is 3.40. The molecule has 2 atom stereocenters. The van der Waals surface area contributed by atoms with Gasteiger partial charge < -0.3 is 4.74 Å². The number of unbranched alkanes of at least 4 members (excludes halogenated alkanes) is 3. The van der Waals surface area contributed by atoms with Crippen LogP contribution in [0.2, 0.25) is 0 Å². The molecular weight excluding hydrogens is 378 g/mol. The lowest BCUT2D eigenvalue weighted by atomic mass is 9.71. The van der Waals surface area contributed by atoms with Crippen LogP contribution in [0, 0.1) is 17.8 Å². The molecule has 0 saturated heterocycles. The summed E-state index contributed by atoms with van der Waals surface area (Å²) in [6, 6.07) is 8.74. The van der Waals surface area contributed by atoms with E-state index in [-0.39, 0.29) is 0 Å². The molecule has 0 aromatic heterocycles. The fourth-order valence-electron chi connectivity index (χ4n) is 5.16. The van der Waals surface area contributed by atoms with Crippen molar-refractivity contribution in [2.45, 2.75) is 118 Å². The largest absolute Gasteiger partial charge is 0.497 e. The average Bonchev–Trinajstić information content (AvgIpc) is 2.70. The van der Waals surface area contributed by atoms with Crippen LogP contribution in [-0.2, 0) is 6.54 Å². The smallest absolute Gasteiger partial charge is 0.118 e. The molecule has 0 radical (unpaired) electrons. The second-order valence-corrected chi connectivity index (χ2v) is 11.1. The summed E-state index contributed by atoms with van der Waals surface area (Å²) < 4.78 is 5.36. The van der Waals surface area contributed by atoms with Gasteiger partial charge in [0.2, 0.25) is 0 Å². The second kappa shape index (κ2) is 14.9. The third-order valence-corrected chi connectivity index (χ3v) is 6.34. The van der Waals surface area contributed by atoms with E-state index in [2.05, 4.69) is 77.6 Å². The number of hydrogen-bond donors (Lipinski definition) is 0. The van der Waals surface area contributed by atoms with E-state index in [4.69, 9.17) is 4.74 Å². The standard InChI is InChI=1S/C25H43NO.C4H10/c1-6-7-8-9-17-26(20-23-12-14-24(27-5)15-13-23)25(18-21(2)3)16-10-11-22(4)19-25;1-4(2)3/h12-15,21-22H,6-11,16-20H2,1-5H3;4H,1-3H3. The van der Waals surface area contributed by atoms with Crippen molar-refractivity contribution in [3.8, 4) is 5.75 Å². The van der Waals surface area contributed by atoms with Gasteiger partial charge in [0.05, 0.1) is 7.11 Å². The van der Waals surface area contributed by atoms with Gasteiger partial charge in [0.25, 0.3) is 0 Å². The van der Waals surface area contributed by atoms with Crippen molar-refractivity contribution in [3.63, 3.8) is 0 Å². The lowest BCUT2D eigenvalue weighted by Gasteiger charge is -2.50. The predicted molar refractivity (Wildman–Crippen MR) is 138 cm³/mol. The highest BCUT2D eigenvalue weighted by Crippen LogP contribution is 2.42. The first-order valence-electron chi connectivity index (χ1n) is 13.1. The fourth-order valence-corrected chi connectivity index (χ4v) is 5.16. The lowest BCUT2D eigenvalue weighted by molar-refractivity contribution is 0.00734. The van der Waals surface area contributed by atoms with Gasteiger partial charge in [-0.1, -0.05) is 92.7 Å². The third kappa shape index (κ3) is 10.9. The number of methoxy groups -OCH3 is 1. The zero-order valence-corrected chi connectivity index (χ0v) is 22.2. The summed E-state index contributed by atoms with van der Waals surface area (Å²) in [7, 11) is 1.75. The number of benzene rings is 1. The van der Waals surface area contributed by atoms with E-state index in [9.17, 15) is 0 Å². The maximum Gasteiger partial charge on any atom is 0.118 e. The Kier molecular flexibility index (Phi) is 13.5. The van der Waals surface area contributed by atoms with E-state index in [1.54, 1.807) is 7.11 Å². The first-order valence-corrected chi connectivity index (χ1v) is 13.1. The van der Waals surface area contributed by atoms with Gasteiger partial charge in [0, 0.05) is 12.1 Å². The zero-order valence-electron chi connectivity index (χ0n) is 22.2. The molecule has 31 heavy (non-hydrogen) atoms. The Morgan fingerprint density at radius 1 is 1.03 bits per heavy atom. The van der Waals surface area contributed by atoms with E-state index < -0.39 is 0 Å². The molecule has 0 aliphatic heterocycles. The topological polar surface area (TPSA) is 12.5 Å². The molecule has 2 rings (SSSR count). The highest BCUT2D eigenvalue weighted by atomic mass is 16.5. The molecule has 2 heteroatoms. The highest BCUT2D eigenvalue weighted by Gasteiger charge is 2.40. The van der Waals surface area contributed by atoms with Crippen LogP contribution in [0.3, 0.4) is 0 Å². The molecule has 1 aliphatic carbocycles. The van der Waals surface area contributed by atoms with E-state index >= 15 is 0 Å². The molecule has 1 aromatic carbocycles. The fraction of sp³-hybridized carbons (Fsp3) is 0.793. The predicted octanol–water partition coefficient (Wildman–Crippen LogP) is 8.73. The summed E-state index contributed by atoms with van der Waals surface area (Å²) in [6.07, 6.45) is 12.3. The Morgan fingerprint density at radius 2 is 1.68 bits per heavy atom. The average molecular weight is 432 g/mol. The summed E-state index contributed by atoms with van der Waals surface area (Å²) >= 11 is 0. The molecule has 0 spiro atoms. The van der Waals surface area contributed by atoms with E-state index in [1.165, 1.54) is 69.9 Å². The van der Waals surface area contributed by atoms with Crippen LogP contribution in [0.5, 0.6) is 5.75 Å². The van der Waals surface area contributed by atoms with Crippen LogP contribution in [0.4, 0.5) is 0 Å². The molecule has 0 heterocycles. The van der Waals surface area contributed by atoms with Crippen LogP contribution in [-0.4, -0.2) is 24.1 Å². The minimum atomic E-state index is 0.387. The Hall–Kier alpha value is -1.02. The first kappa shape index (κ1) is 28.0. The third-order valence-electron chi connectivity index (χ3n) is 6.34. The quantitative estimate of drug-likeness (QED) is 0.325. The molecule has 1 fully saturated rings. The van der Waals surface area contributed by atoms with Crippen LogP contribution >= 0.6 is 0 Å². The normalized spacial score (nSPS) is 21.3. The van der Waals surface area contributed by atoms with E-state index in [0.29, 0.717) is 5.54 Å². The van der Waals surface area contributed by atoms with Gasteiger partial charge in [-0.2, -0.15) is 0 Å². The number of hydrogen-bond acceptors (Lipinski definition) is 2. The maximum absolute atomic E-state index is 5.36. The van der Waals surface area contributed by atoms with Gasteiger partial charge in [-0.25, -0.2) is 0 Å². The monoisotopic (exact) mass is 431 g/mol. The van der Waals surface area contributed by atoms with Crippen molar-refractivity contribution in [2.24, 2.45) is 17.8 Å².